The Morgan fingerprint density at radius 3 is 2.65 bits per heavy atom. The minimum Gasteiger partial charge on any atom is -0.393 e. The van der Waals surface area contributed by atoms with E-state index in [2.05, 4.69) is 6.92 Å². The first-order chi connectivity index (χ1) is 12.2. The van der Waals surface area contributed by atoms with Crippen molar-refractivity contribution in [3.63, 3.8) is 0 Å². The summed E-state index contributed by atoms with van der Waals surface area (Å²) in [6.07, 6.45) is 6.76. The molecule has 7 atom stereocenters. The molecule has 0 aromatic heterocycles. The van der Waals surface area contributed by atoms with Crippen LogP contribution in [0.3, 0.4) is 0 Å². The summed E-state index contributed by atoms with van der Waals surface area (Å²) < 4.78 is 0. The van der Waals surface area contributed by atoms with Gasteiger partial charge in [0.15, 0.2) is 11.6 Å². The Bertz CT molecular complexity index is 682. The molecule has 3 fully saturated rings. The van der Waals surface area contributed by atoms with Crippen LogP contribution in [0, 0.1) is 28.6 Å². The maximum absolute atomic E-state index is 12.6. The fraction of sp³-hybridized carbons (Fsp3) is 0.818. The molecular weight excluding hydrogens is 328 g/mol. The number of aliphatic hydroxyl groups excluding tert-OH is 1. The van der Waals surface area contributed by atoms with E-state index in [0.29, 0.717) is 31.6 Å². The lowest BCUT2D eigenvalue weighted by atomic mass is 9.45. The van der Waals surface area contributed by atoms with E-state index in [4.69, 9.17) is 0 Å². The number of rotatable bonds is 2. The second-order valence-corrected chi connectivity index (χ2v) is 9.75. The molecule has 0 aliphatic heterocycles. The van der Waals surface area contributed by atoms with E-state index in [1.165, 1.54) is 5.57 Å². The third-order valence-electron chi connectivity index (χ3n) is 8.83. The summed E-state index contributed by atoms with van der Waals surface area (Å²) in [6.45, 7) is 6.08. The van der Waals surface area contributed by atoms with Crippen molar-refractivity contribution in [3.05, 3.63) is 11.6 Å². The lowest BCUT2D eigenvalue weighted by Gasteiger charge is -2.60. The molecule has 144 valence electrons. The summed E-state index contributed by atoms with van der Waals surface area (Å²) >= 11 is 0. The number of ketones is 2. The molecule has 0 spiro atoms. The molecule has 4 rings (SSSR count). The molecule has 3 saturated carbocycles. The molecule has 4 heteroatoms. The normalized spacial score (nSPS) is 50.5. The highest BCUT2D eigenvalue weighted by Crippen LogP contribution is 2.67. The van der Waals surface area contributed by atoms with Crippen molar-refractivity contribution < 1.29 is 19.8 Å². The topological polar surface area (TPSA) is 74.6 Å². The third-order valence-corrected chi connectivity index (χ3v) is 8.83. The zero-order valence-corrected chi connectivity index (χ0v) is 16.3. The third kappa shape index (κ3) is 2.15. The van der Waals surface area contributed by atoms with Gasteiger partial charge in [0.25, 0.3) is 0 Å². The van der Waals surface area contributed by atoms with Gasteiger partial charge in [0.1, 0.15) is 5.60 Å². The summed E-state index contributed by atoms with van der Waals surface area (Å²) in [5.74, 6) is 0.867. The highest BCUT2D eigenvalue weighted by atomic mass is 16.3. The minimum atomic E-state index is -1.29. The lowest BCUT2D eigenvalue weighted by molar-refractivity contribution is -0.180. The first-order valence-corrected chi connectivity index (χ1v) is 10.3. The second-order valence-electron chi connectivity index (χ2n) is 9.75. The van der Waals surface area contributed by atoms with Crippen LogP contribution in [0.2, 0.25) is 0 Å². The molecule has 0 bridgehead atoms. The van der Waals surface area contributed by atoms with Gasteiger partial charge in [-0.3, -0.25) is 9.59 Å². The predicted octanol–water partition coefficient (Wildman–Crippen LogP) is 3.20. The Morgan fingerprint density at radius 1 is 1.23 bits per heavy atom. The Balaban J connectivity index is 1.74. The highest BCUT2D eigenvalue weighted by Gasteiger charge is 2.67. The number of fused-ring (bicyclic) bond motifs is 5. The molecule has 0 saturated heterocycles. The van der Waals surface area contributed by atoms with E-state index in [-0.39, 0.29) is 28.8 Å². The molecular formula is C22H32O4. The average molecular weight is 360 g/mol. The first kappa shape index (κ1) is 18.4. The van der Waals surface area contributed by atoms with Crippen molar-refractivity contribution in [1.29, 1.82) is 0 Å². The Kier molecular flexibility index (Phi) is 4.06. The van der Waals surface area contributed by atoms with E-state index in [1.54, 1.807) is 0 Å². The van der Waals surface area contributed by atoms with E-state index in [0.717, 1.165) is 25.7 Å². The van der Waals surface area contributed by atoms with Crippen LogP contribution in [-0.2, 0) is 9.59 Å². The van der Waals surface area contributed by atoms with Gasteiger partial charge in [-0.05, 0) is 67.8 Å². The zero-order chi connectivity index (χ0) is 18.9. The smallest absolute Gasteiger partial charge is 0.164 e. The first-order valence-electron chi connectivity index (χ1n) is 10.3. The van der Waals surface area contributed by atoms with Crippen molar-refractivity contribution in [2.45, 2.75) is 83.8 Å². The van der Waals surface area contributed by atoms with Gasteiger partial charge in [0.05, 0.1) is 6.10 Å². The van der Waals surface area contributed by atoms with E-state index in [9.17, 15) is 19.8 Å². The molecule has 0 aromatic carbocycles. The van der Waals surface area contributed by atoms with E-state index < -0.39 is 17.1 Å². The number of carbonyl (C=O) groups is 2. The molecule has 4 nitrogen and oxygen atoms in total. The van der Waals surface area contributed by atoms with Gasteiger partial charge in [0.2, 0.25) is 0 Å². The van der Waals surface area contributed by atoms with Crippen LogP contribution in [0.5, 0.6) is 0 Å². The van der Waals surface area contributed by atoms with Crippen LogP contribution in [-0.4, -0.2) is 33.5 Å². The van der Waals surface area contributed by atoms with Crippen molar-refractivity contribution in [2.24, 2.45) is 28.6 Å². The molecule has 26 heavy (non-hydrogen) atoms. The van der Waals surface area contributed by atoms with Crippen LogP contribution in [0.4, 0.5) is 0 Å². The molecule has 2 N–H and O–H groups in total. The molecule has 0 amide bonds. The number of carbonyl (C=O) groups excluding carboxylic acids is 2. The highest BCUT2D eigenvalue weighted by molar-refractivity contribution is 5.91. The number of hydrogen-bond donors (Lipinski definition) is 2. The fourth-order valence-corrected chi connectivity index (χ4v) is 7.44. The summed E-state index contributed by atoms with van der Waals surface area (Å²) in [6, 6.07) is 0. The summed E-state index contributed by atoms with van der Waals surface area (Å²) in [5.41, 5.74) is -0.733. The lowest BCUT2D eigenvalue weighted by Crippen LogP contribution is -2.61. The SMILES string of the molecule is CCC(=O)[C@@]1(O)CC[C@H]2[C@@H]3CCC4=CC(=O)CC[C@]4(C)C3[C@@H](O)C[C@@]21C. The molecule has 4 aliphatic carbocycles. The van der Waals surface area contributed by atoms with Crippen molar-refractivity contribution in [2.75, 3.05) is 0 Å². The van der Waals surface area contributed by atoms with Gasteiger partial charge in [-0.15, -0.1) is 0 Å². The van der Waals surface area contributed by atoms with Crippen LogP contribution in [0.15, 0.2) is 11.6 Å². The maximum atomic E-state index is 12.6. The Hall–Kier alpha value is -1.00. The van der Waals surface area contributed by atoms with Crippen LogP contribution in [0.1, 0.15) is 72.1 Å². The van der Waals surface area contributed by atoms with Crippen molar-refractivity contribution >= 4 is 11.6 Å². The molecule has 0 radical (unpaired) electrons. The predicted molar refractivity (Wildman–Crippen MR) is 98.3 cm³/mol. The quantitative estimate of drug-likeness (QED) is 0.793. The number of allylic oxidation sites excluding steroid dienone is 1. The summed E-state index contributed by atoms with van der Waals surface area (Å²) in [4.78, 5) is 24.5. The fourth-order valence-electron chi connectivity index (χ4n) is 7.44. The van der Waals surface area contributed by atoms with Crippen LogP contribution in [0.25, 0.3) is 0 Å². The number of Topliss-reactive ketones (excluding diaryl/α,β-unsaturated/α-hetero) is 1. The van der Waals surface area contributed by atoms with Gasteiger partial charge in [-0.2, -0.15) is 0 Å². The molecule has 4 aliphatic rings. The molecule has 1 unspecified atom stereocenters. The second kappa shape index (κ2) is 5.75. The summed E-state index contributed by atoms with van der Waals surface area (Å²) in [5, 5.41) is 22.6. The van der Waals surface area contributed by atoms with Gasteiger partial charge >= 0.3 is 0 Å². The zero-order valence-electron chi connectivity index (χ0n) is 16.3. The maximum Gasteiger partial charge on any atom is 0.164 e. The standard InChI is InChI=1S/C22H32O4/c1-4-18(25)22(26)10-8-16-15-6-5-13-11-14(23)7-9-20(13,2)19(15)17(24)12-21(16,22)3/h11,15-17,19,24,26H,4-10,12H2,1-3H3/t15-,16-,17-,19?,20-,21-,22-/m0/s1. The molecule has 0 aromatic rings. The van der Waals surface area contributed by atoms with Gasteiger partial charge in [-0.25, -0.2) is 0 Å². The largest absolute Gasteiger partial charge is 0.393 e. The summed E-state index contributed by atoms with van der Waals surface area (Å²) in [7, 11) is 0. The number of hydrogen-bond acceptors (Lipinski definition) is 4. The monoisotopic (exact) mass is 360 g/mol. The van der Waals surface area contributed by atoms with Crippen LogP contribution >= 0.6 is 0 Å². The number of aliphatic hydroxyl groups is 2. The van der Waals surface area contributed by atoms with E-state index in [1.807, 2.05) is 19.9 Å². The Labute approximate surface area is 156 Å². The van der Waals surface area contributed by atoms with E-state index >= 15 is 0 Å². The molecule has 0 heterocycles. The minimum absolute atomic E-state index is 0.0704. The van der Waals surface area contributed by atoms with Gasteiger partial charge in [-0.1, -0.05) is 26.3 Å². The Morgan fingerprint density at radius 2 is 1.96 bits per heavy atom. The van der Waals surface area contributed by atoms with Gasteiger partial charge < -0.3 is 10.2 Å². The average Bonchev–Trinajstić information content (AvgIpc) is 2.86. The van der Waals surface area contributed by atoms with Crippen LogP contribution < -0.4 is 0 Å². The van der Waals surface area contributed by atoms with Crippen molar-refractivity contribution in [3.8, 4) is 0 Å². The van der Waals surface area contributed by atoms with Crippen molar-refractivity contribution in [1.82, 2.24) is 0 Å². The van der Waals surface area contributed by atoms with Gasteiger partial charge in [0, 0.05) is 18.3 Å².